The minimum absolute atomic E-state index is 0.181. The van der Waals surface area contributed by atoms with E-state index < -0.39 is 5.97 Å². The molecule has 0 fully saturated rings. The van der Waals surface area contributed by atoms with Gasteiger partial charge >= 0.3 is 5.97 Å². The van der Waals surface area contributed by atoms with Crippen LogP contribution in [0.1, 0.15) is 10.4 Å². The number of carboxylic acids is 1. The monoisotopic (exact) mass is 237 g/mol. The van der Waals surface area contributed by atoms with Gasteiger partial charge in [-0.2, -0.15) is 0 Å². The van der Waals surface area contributed by atoms with Gasteiger partial charge in [0.15, 0.2) is 0 Å². The van der Waals surface area contributed by atoms with E-state index in [9.17, 15) is 4.79 Å². The van der Waals surface area contributed by atoms with Crippen LogP contribution in [0.2, 0.25) is 5.02 Å². The minimum atomic E-state index is -0.993. The third-order valence-electron chi connectivity index (χ3n) is 2.20. The average molecular weight is 238 g/mol. The molecule has 0 aliphatic carbocycles. The maximum Gasteiger partial charge on any atom is 0.335 e. The number of halogens is 1. The number of hydrogen-bond acceptors (Lipinski definition) is 3. The smallest absolute Gasteiger partial charge is 0.335 e. The second-order valence-electron chi connectivity index (χ2n) is 3.24. The van der Waals surface area contributed by atoms with Crippen LogP contribution in [0.25, 0.3) is 11.3 Å². The number of hydrogen-bond donors (Lipinski definition) is 1. The quantitative estimate of drug-likeness (QED) is 0.865. The first kappa shape index (κ1) is 10.6. The zero-order valence-electron chi connectivity index (χ0n) is 8.38. The van der Waals surface area contributed by atoms with Crippen molar-refractivity contribution in [3.63, 3.8) is 0 Å². The molecular formula is C10H8ClN3O2. The fourth-order valence-corrected chi connectivity index (χ4v) is 1.60. The summed E-state index contributed by atoms with van der Waals surface area (Å²) in [5, 5.41) is 16.8. The summed E-state index contributed by atoms with van der Waals surface area (Å²) < 4.78 is 1.53. The Morgan fingerprint density at radius 2 is 2.25 bits per heavy atom. The predicted octanol–water partition coefficient (Wildman–Crippen LogP) is 1.83. The normalized spacial score (nSPS) is 10.4. The lowest BCUT2D eigenvalue weighted by Crippen LogP contribution is -1.99. The van der Waals surface area contributed by atoms with Crippen LogP contribution in [-0.2, 0) is 7.05 Å². The van der Waals surface area contributed by atoms with Gasteiger partial charge in [0.1, 0.15) is 0 Å². The van der Waals surface area contributed by atoms with Crippen molar-refractivity contribution in [1.82, 2.24) is 15.0 Å². The third-order valence-corrected chi connectivity index (χ3v) is 2.53. The Morgan fingerprint density at radius 3 is 2.81 bits per heavy atom. The summed E-state index contributed by atoms with van der Waals surface area (Å²) in [7, 11) is 1.71. The van der Waals surface area contributed by atoms with E-state index in [0.717, 1.165) is 0 Å². The molecule has 0 bridgehead atoms. The lowest BCUT2D eigenvalue weighted by atomic mass is 10.1. The van der Waals surface area contributed by atoms with Crippen molar-refractivity contribution in [2.24, 2.45) is 7.05 Å². The van der Waals surface area contributed by atoms with Crippen molar-refractivity contribution >= 4 is 17.6 Å². The summed E-state index contributed by atoms with van der Waals surface area (Å²) in [6.45, 7) is 0. The van der Waals surface area contributed by atoms with E-state index in [4.69, 9.17) is 16.7 Å². The topological polar surface area (TPSA) is 68.0 Å². The first-order valence-electron chi connectivity index (χ1n) is 4.47. The Balaban J connectivity index is 2.60. The van der Waals surface area contributed by atoms with E-state index in [-0.39, 0.29) is 5.56 Å². The zero-order valence-corrected chi connectivity index (χ0v) is 9.14. The molecule has 5 nitrogen and oxygen atoms in total. The summed E-state index contributed by atoms with van der Waals surface area (Å²) in [5.41, 5.74) is 1.46. The third kappa shape index (κ3) is 1.77. The summed E-state index contributed by atoms with van der Waals surface area (Å²) in [6, 6.07) is 4.51. The lowest BCUT2D eigenvalue weighted by molar-refractivity contribution is 0.0697. The largest absolute Gasteiger partial charge is 0.478 e. The Morgan fingerprint density at radius 1 is 1.50 bits per heavy atom. The second kappa shape index (κ2) is 3.94. The maximum atomic E-state index is 10.8. The molecule has 0 saturated heterocycles. The number of carbonyl (C=O) groups is 1. The molecule has 0 atom stereocenters. The van der Waals surface area contributed by atoms with Gasteiger partial charge in [0, 0.05) is 12.6 Å². The molecule has 0 aliphatic heterocycles. The van der Waals surface area contributed by atoms with Crippen molar-refractivity contribution in [3.05, 3.63) is 35.0 Å². The molecule has 2 aromatic rings. The van der Waals surface area contributed by atoms with Gasteiger partial charge in [-0.15, -0.1) is 5.10 Å². The van der Waals surface area contributed by atoms with Gasteiger partial charge in [-0.25, -0.2) is 9.48 Å². The van der Waals surface area contributed by atoms with Crippen molar-refractivity contribution in [2.45, 2.75) is 0 Å². The standard InChI is InChI=1S/C10H8ClN3O2/c1-14-9(5-12-13-14)7-4-6(10(15)16)2-3-8(7)11/h2-5H,1H3,(H,15,16). The van der Waals surface area contributed by atoms with Gasteiger partial charge in [-0.1, -0.05) is 16.8 Å². The molecule has 82 valence electrons. The van der Waals surface area contributed by atoms with Crippen molar-refractivity contribution in [2.75, 3.05) is 0 Å². The van der Waals surface area contributed by atoms with Crippen LogP contribution in [0, 0.1) is 0 Å². The highest BCUT2D eigenvalue weighted by atomic mass is 35.5. The minimum Gasteiger partial charge on any atom is -0.478 e. The van der Waals surface area contributed by atoms with Gasteiger partial charge < -0.3 is 5.11 Å². The lowest BCUT2D eigenvalue weighted by Gasteiger charge is -2.04. The number of nitrogens with zero attached hydrogens (tertiary/aromatic N) is 3. The second-order valence-corrected chi connectivity index (χ2v) is 3.65. The molecule has 2 rings (SSSR count). The first-order valence-corrected chi connectivity index (χ1v) is 4.85. The molecule has 16 heavy (non-hydrogen) atoms. The summed E-state index contributed by atoms with van der Waals surface area (Å²) in [6.07, 6.45) is 1.53. The van der Waals surface area contributed by atoms with E-state index in [1.807, 2.05) is 0 Å². The number of aryl methyl sites for hydroxylation is 1. The molecule has 0 radical (unpaired) electrons. The van der Waals surface area contributed by atoms with Crippen molar-refractivity contribution < 1.29 is 9.90 Å². The zero-order chi connectivity index (χ0) is 11.7. The SMILES string of the molecule is Cn1nncc1-c1cc(C(=O)O)ccc1Cl. The number of aromatic nitrogens is 3. The molecule has 1 N–H and O–H groups in total. The van der Waals surface area contributed by atoms with Gasteiger partial charge in [0.05, 0.1) is 22.5 Å². The molecule has 0 saturated carbocycles. The molecule has 0 spiro atoms. The molecule has 0 amide bonds. The first-order chi connectivity index (χ1) is 7.59. The Bertz CT molecular complexity index is 551. The van der Waals surface area contributed by atoms with Gasteiger partial charge in [0.25, 0.3) is 0 Å². The molecule has 1 aromatic heterocycles. The van der Waals surface area contributed by atoms with E-state index in [1.165, 1.54) is 23.0 Å². The number of carboxylic acid groups (broad SMARTS) is 1. The van der Waals surface area contributed by atoms with E-state index >= 15 is 0 Å². The van der Waals surface area contributed by atoms with Crippen LogP contribution in [0.3, 0.4) is 0 Å². The van der Waals surface area contributed by atoms with Crippen LogP contribution < -0.4 is 0 Å². The Hall–Kier alpha value is -1.88. The highest BCUT2D eigenvalue weighted by molar-refractivity contribution is 6.33. The van der Waals surface area contributed by atoms with Crippen molar-refractivity contribution in [3.8, 4) is 11.3 Å². The summed E-state index contributed by atoms with van der Waals surface area (Å²) in [5.74, 6) is -0.993. The summed E-state index contributed by atoms with van der Waals surface area (Å²) in [4.78, 5) is 10.8. The molecule has 1 heterocycles. The van der Waals surface area contributed by atoms with Gasteiger partial charge in [-0.05, 0) is 18.2 Å². The fraction of sp³-hybridized carbons (Fsp3) is 0.100. The average Bonchev–Trinajstić information content (AvgIpc) is 2.65. The van der Waals surface area contributed by atoms with Crippen LogP contribution in [0.15, 0.2) is 24.4 Å². The molecule has 1 aromatic carbocycles. The number of aromatic carboxylic acids is 1. The molecular weight excluding hydrogens is 230 g/mol. The van der Waals surface area contributed by atoms with Crippen LogP contribution in [0.4, 0.5) is 0 Å². The van der Waals surface area contributed by atoms with Crippen LogP contribution >= 0.6 is 11.6 Å². The van der Waals surface area contributed by atoms with Gasteiger partial charge in [0.2, 0.25) is 0 Å². The van der Waals surface area contributed by atoms with E-state index in [1.54, 1.807) is 13.1 Å². The summed E-state index contributed by atoms with van der Waals surface area (Å²) >= 11 is 6.00. The fourth-order valence-electron chi connectivity index (χ4n) is 1.39. The van der Waals surface area contributed by atoms with E-state index in [2.05, 4.69) is 10.3 Å². The van der Waals surface area contributed by atoms with Crippen molar-refractivity contribution in [1.29, 1.82) is 0 Å². The van der Waals surface area contributed by atoms with Crippen LogP contribution in [-0.4, -0.2) is 26.1 Å². The number of benzene rings is 1. The highest BCUT2D eigenvalue weighted by Crippen LogP contribution is 2.27. The Labute approximate surface area is 96.3 Å². The molecule has 0 unspecified atom stereocenters. The number of rotatable bonds is 2. The maximum absolute atomic E-state index is 10.8. The Kier molecular flexibility index (Phi) is 2.62. The van der Waals surface area contributed by atoms with Crippen LogP contribution in [0.5, 0.6) is 0 Å². The predicted molar refractivity (Wildman–Crippen MR) is 58.4 cm³/mol. The van der Waals surface area contributed by atoms with Gasteiger partial charge in [-0.3, -0.25) is 0 Å². The van der Waals surface area contributed by atoms with E-state index in [0.29, 0.717) is 16.3 Å². The molecule has 6 heteroatoms. The molecule has 0 aliphatic rings. The highest BCUT2D eigenvalue weighted by Gasteiger charge is 2.11.